The third kappa shape index (κ3) is 6.95. The average Bonchev–Trinajstić information content (AvgIpc) is 2.72. The molecule has 0 heterocycles. The van der Waals surface area contributed by atoms with Crippen molar-refractivity contribution in [3.8, 4) is 0 Å². The molecule has 3 amide bonds. The van der Waals surface area contributed by atoms with Gasteiger partial charge in [-0.15, -0.1) is 0 Å². The predicted molar refractivity (Wildman–Crippen MR) is 115 cm³/mol. The maximum atomic E-state index is 12.2. The Kier molecular flexibility index (Phi) is 8.21. The fraction of sp³-hybridized carbons (Fsp3) is 0.318. The van der Waals surface area contributed by atoms with Crippen LogP contribution in [0.25, 0.3) is 0 Å². The van der Waals surface area contributed by atoms with E-state index in [1.165, 1.54) is 6.92 Å². The number of rotatable bonds is 8. The topological polar surface area (TPSA) is 81.8 Å². The number of hydrogen-bond donors (Lipinski definition) is 2. The Balaban J connectivity index is 1.84. The monoisotopic (exact) mass is 396 g/mol. The number of nitrogens with zero attached hydrogens (tertiary/aromatic N) is 2. The van der Waals surface area contributed by atoms with Crippen LogP contribution in [-0.4, -0.2) is 49.3 Å². The molecule has 2 rings (SSSR count). The highest BCUT2D eigenvalue weighted by Crippen LogP contribution is 2.13. The van der Waals surface area contributed by atoms with Crippen LogP contribution in [0.3, 0.4) is 0 Å². The molecule has 154 valence electrons. The highest BCUT2D eigenvalue weighted by atomic mass is 16.2. The van der Waals surface area contributed by atoms with Gasteiger partial charge in [-0.3, -0.25) is 14.4 Å². The second-order valence-electron chi connectivity index (χ2n) is 6.70. The Morgan fingerprint density at radius 1 is 0.966 bits per heavy atom. The maximum Gasteiger partial charge on any atom is 0.313 e. The molecule has 0 atom stereocenters. The minimum Gasteiger partial charge on any atom is -0.373 e. The Bertz CT molecular complexity index is 839. The van der Waals surface area contributed by atoms with Gasteiger partial charge in [0.25, 0.3) is 0 Å². The van der Waals surface area contributed by atoms with Crippen LogP contribution in [0.15, 0.2) is 54.6 Å². The van der Waals surface area contributed by atoms with Gasteiger partial charge in [0.15, 0.2) is 0 Å². The predicted octanol–water partition coefficient (Wildman–Crippen LogP) is 2.25. The van der Waals surface area contributed by atoms with E-state index < -0.39 is 11.8 Å². The molecule has 0 bridgehead atoms. The van der Waals surface area contributed by atoms with Gasteiger partial charge in [-0.1, -0.05) is 30.3 Å². The number of carbonyl (C=O) groups is 3. The Morgan fingerprint density at radius 3 is 2.34 bits per heavy atom. The first-order chi connectivity index (χ1) is 13.9. The summed E-state index contributed by atoms with van der Waals surface area (Å²) in [6.07, 6.45) is 0. The van der Waals surface area contributed by atoms with E-state index in [4.69, 9.17) is 0 Å². The molecule has 0 saturated heterocycles. The normalized spacial score (nSPS) is 10.2. The van der Waals surface area contributed by atoms with Crippen molar-refractivity contribution < 1.29 is 14.4 Å². The van der Waals surface area contributed by atoms with Crippen LogP contribution in [0, 0.1) is 0 Å². The SMILES string of the molecule is CCN(Cc1cccc(NC(=O)C(=O)NCCN(C)c2ccccc2)c1)C(C)=O. The van der Waals surface area contributed by atoms with Crippen molar-refractivity contribution in [3.05, 3.63) is 60.2 Å². The zero-order valence-corrected chi connectivity index (χ0v) is 17.1. The van der Waals surface area contributed by atoms with Gasteiger partial charge < -0.3 is 20.4 Å². The Hall–Kier alpha value is -3.35. The minimum atomic E-state index is -0.719. The molecule has 0 aromatic heterocycles. The molecular formula is C22H28N4O3. The lowest BCUT2D eigenvalue weighted by Gasteiger charge is -2.19. The number of nitrogens with one attached hydrogen (secondary N) is 2. The molecule has 0 aliphatic rings. The highest BCUT2D eigenvalue weighted by Gasteiger charge is 2.14. The van der Waals surface area contributed by atoms with Crippen molar-refractivity contribution in [2.24, 2.45) is 0 Å². The number of hydrogen-bond acceptors (Lipinski definition) is 4. The van der Waals surface area contributed by atoms with Crippen LogP contribution in [0.4, 0.5) is 11.4 Å². The Morgan fingerprint density at radius 2 is 1.69 bits per heavy atom. The lowest BCUT2D eigenvalue weighted by molar-refractivity contribution is -0.136. The molecule has 7 nitrogen and oxygen atoms in total. The Labute approximate surface area is 171 Å². The highest BCUT2D eigenvalue weighted by molar-refractivity contribution is 6.39. The van der Waals surface area contributed by atoms with E-state index in [9.17, 15) is 14.4 Å². The van der Waals surface area contributed by atoms with E-state index >= 15 is 0 Å². The lowest BCUT2D eigenvalue weighted by Crippen LogP contribution is -2.39. The van der Waals surface area contributed by atoms with E-state index in [-0.39, 0.29) is 5.91 Å². The summed E-state index contributed by atoms with van der Waals surface area (Å²) in [5, 5.41) is 5.23. The fourth-order valence-corrected chi connectivity index (χ4v) is 2.83. The molecular weight excluding hydrogens is 368 g/mol. The third-order valence-electron chi connectivity index (χ3n) is 4.52. The number of amides is 3. The zero-order valence-electron chi connectivity index (χ0n) is 17.1. The van der Waals surface area contributed by atoms with Gasteiger partial charge >= 0.3 is 11.8 Å². The molecule has 7 heteroatoms. The van der Waals surface area contributed by atoms with E-state index in [2.05, 4.69) is 10.6 Å². The summed E-state index contributed by atoms with van der Waals surface area (Å²) in [6, 6.07) is 16.9. The molecule has 2 aromatic carbocycles. The zero-order chi connectivity index (χ0) is 21.2. The molecule has 0 unspecified atom stereocenters. The van der Waals surface area contributed by atoms with Gasteiger partial charge in [-0.05, 0) is 36.8 Å². The summed E-state index contributed by atoms with van der Waals surface area (Å²) < 4.78 is 0. The number of para-hydroxylation sites is 1. The lowest BCUT2D eigenvalue weighted by atomic mass is 10.2. The molecule has 0 aliphatic carbocycles. The van der Waals surface area contributed by atoms with Gasteiger partial charge in [0.1, 0.15) is 0 Å². The molecule has 2 aromatic rings. The maximum absolute atomic E-state index is 12.2. The first-order valence-electron chi connectivity index (χ1n) is 9.60. The van der Waals surface area contributed by atoms with Gasteiger partial charge in [0, 0.05) is 51.5 Å². The third-order valence-corrected chi connectivity index (χ3v) is 4.52. The minimum absolute atomic E-state index is 0.0122. The number of anilines is 2. The molecule has 0 spiro atoms. The van der Waals surface area contributed by atoms with Crippen LogP contribution in [0.5, 0.6) is 0 Å². The van der Waals surface area contributed by atoms with E-state index in [1.54, 1.807) is 23.1 Å². The summed E-state index contributed by atoms with van der Waals surface area (Å²) in [6.45, 7) is 5.42. The van der Waals surface area contributed by atoms with E-state index in [0.29, 0.717) is 31.9 Å². The van der Waals surface area contributed by atoms with Crippen molar-refractivity contribution in [3.63, 3.8) is 0 Å². The average molecular weight is 396 g/mol. The van der Waals surface area contributed by atoms with Gasteiger partial charge in [0.05, 0.1) is 0 Å². The van der Waals surface area contributed by atoms with Crippen molar-refractivity contribution in [1.82, 2.24) is 10.2 Å². The molecule has 0 aliphatic heterocycles. The van der Waals surface area contributed by atoms with Crippen molar-refractivity contribution in [2.75, 3.05) is 36.9 Å². The van der Waals surface area contributed by atoms with Gasteiger partial charge in [0.2, 0.25) is 5.91 Å². The van der Waals surface area contributed by atoms with Crippen LogP contribution < -0.4 is 15.5 Å². The van der Waals surface area contributed by atoms with Gasteiger partial charge in [-0.2, -0.15) is 0 Å². The van der Waals surface area contributed by atoms with Crippen LogP contribution >= 0.6 is 0 Å². The van der Waals surface area contributed by atoms with E-state index in [0.717, 1.165) is 11.3 Å². The smallest absolute Gasteiger partial charge is 0.313 e. The second-order valence-corrected chi connectivity index (χ2v) is 6.70. The molecule has 0 saturated carbocycles. The van der Waals surface area contributed by atoms with Crippen molar-refractivity contribution in [1.29, 1.82) is 0 Å². The van der Waals surface area contributed by atoms with Crippen LogP contribution in [0.2, 0.25) is 0 Å². The van der Waals surface area contributed by atoms with Crippen LogP contribution in [-0.2, 0) is 20.9 Å². The number of benzene rings is 2. The molecule has 0 radical (unpaired) electrons. The fourth-order valence-electron chi connectivity index (χ4n) is 2.83. The quantitative estimate of drug-likeness (QED) is 0.671. The van der Waals surface area contributed by atoms with E-state index in [1.807, 2.05) is 55.3 Å². The van der Waals surface area contributed by atoms with Gasteiger partial charge in [-0.25, -0.2) is 0 Å². The summed E-state index contributed by atoms with van der Waals surface area (Å²) in [5.74, 6) is -1.42. The molecule has 2 N–H and O–H groups in total. The molecule has 0 fully saturated rings. The summed E-state index contributed by atoms with van der Waals surface area (Å²) in [4.78, 5) is 39.5. The number of carbonyl (C=O) groups excluding carboxylic acids is 3. The molecule has 29 heavy (non-hydrogen) atoms. The summed E-state index contributed by atoms with van der Waals surface area (Å²) in [7, 11) is 1.92. The first-order valence-corrected chi connectivity index (χ1v) is 9.60. The number of likely N-dealkylation sites (N-methyl/N-ethyl adjacent to an activating group) is 1. The summed E-state index contributed by atoms with van der Waals surface area (Å²) in [5.41, 5.74) is 2.43. The van der Waals surface area contributed by atoms with Crippen molar-refractivity contribution in [2.45, 2.75) is 20.4 Å². The first kappa shape index (κ1) is 21.9. The van der Waals surface area contributed by atoms with Crippen molar-refractivity contribution >= 4 is 29.1 Å². The second kappa shape index (κ2) is 10.8. The van der Waals surface area contributed by atoms with Crippen LogP contribution in [0.1, 0.15) is 19.4 Å². The largest absolute Gasteiger partial charge is 0.373 e. The summed E-state index contributed by atoms with van der Waals surface area (Å²) >= 11 is 0. The standard InChI is InChI=1S/C22H28N4O3/c1-4-26(17(2)27)16-18-9-8-10-19(15-18)24-22(29)21(28)23-13-14-25(3)20-11-6-5-7-12-20/h5-12,15H,4,13-14,16H2,1-3H3,(H,23,28)(H,24,29).